The van der Waals surface area contributed by atoms with Crippen molar-refractivity contribution in [2.45, 2.75) is 32.6 Å². The van der Waals surface area contributed by atoms with Gasteiger partial charge in [0.15, 0.2) is 0 Å². The first-order valence-electron chi connectivity index (χ1n) is 8.64. The lowest BCUT2D eigenvalue weighted by Gasteiger charge is -2.36. The van der Waals surface area contributed by atoms with E-state index in [4.69, 9.17) is 16.0 Å². The van der Waals surface area contributed by atoms with Crippen molar-refractivity contribution in [2.24, 2.45) is 0 Å². The molecule has 0 radical (unpaired) electrons. The van der Waals surface area contributed by atoms with Crippen molar-refractivity contribution in [1.29, 1.82) is 0 Å². The summed E-state index contributed by atoms with van der Waals surface area (Å²) in [6, 6.07) is 7.81. The molecule has 2 aromatic rings. The quantitative estimate of drug-likeness (QED) is 0.817. The van der Waals surface area contributed by atoms with Crippen LogP contribution in [0, 0.1) is 0 Å². The number of nitrogens with zero attached hydrogens (tertiary/aromatic N) is 4. The van der Waals surface area contributed by atoms with Gasteiger partial charge in [-0.25, -0.2) is 0 Å². The molecule has 0 unspecified atom stereocenters. The van der Waals surface area contributed by atoms with Crippen molar-refractivity contribution >= 4 is 23.2 Å². The minimum atomic E-state index is 0.128. The number of carbonyl (C=O) groups excluding carboxylic acids is 1. The third kappa shape index (κ3) is 4.31. The molecule has 1 aromatic carbocycles. The summed E-state index contributed by atoms with van der Waals surface area (Å²) in [4.78, 5) is 16.5. The van der Waals surface area contributed by atoms with Crippen LogP contribution in [-0.4, -0.2) is 47.2 Å². The fourth-order valence-electron chi connectivity index (χ4n) is 2.88. The van der Waals surface area contributed by atoms with Crippen molar-refractivity contribution in [2.75, 3.05) is 31.1 Å². The predicted molar refractivity (Wildman–Crippen MR) is 97.0 cm³/mol. The predicted octanol–water partition coefficient (Wildman–Crippen LogP) is 3.13. The molecule has 0 aliphatic carbocycles. The second kappa shape index (κ2) is 7.87. The first kappa shape index (κ1) is 17.7. The number of halogens is 1. The molecule has 2 heterocycles. The molecule has 0 N–H and O–H groups in total. The molecule has 25 heavy (non-hydrogen) atoms. The number of anilines is 1. The van der Waals surface area contributed by atoms with Gasteiger partial charge in [-0.2, -0.15) is 0 Å². The SMILES string of the molecule is CC(C)c1nnc(CCC(=O)N2CCN(c3ccccc3Cl)CC2)o1. The fourth-order valence-corrected chi connectivity index (χ4v) is 3.13. The highest BCUT2D eigenvalue weighted by Gasteiger charge is 2.22. The standard InChI is InChI=1S/C18H23ClN4O2/c1-13(2)18-21-20-16(25-18)7-8-17(24)23-11-9-22(10-12-23)15-6-4-3-5-14(15)19/h3-6,13H,7-12H2,1-2H3. The molecule has 134 valence electrons. The molecule has 3 rings (SSSR count). The maximum absolute atomic E-state index is 12.4. The number of benzene rings is 1. The number of aromatic nitrogens is 2. The first-order valence-corrected chi connectivity index (χ1v) is 9.02. The van der Waals surface area contributed by atoms with Crippen LogP contribution in [0.3, 0.4) is 0 Å². The van der Waals surface area contributed by atoms with Gasteiger partial charge in [0.2, 0.25) is 17.7 Å². The Kier molecular flexibility index (Phi) is 5.58. The van der Waals surface area contributed by atoms with Crippen LogP contribution in [0.1, 0.15) is 38.0 Å². The Morgan fingerprint density at radius 1 is 1.20 bits per heavy atom. The maximum atomic E-state index is 12.4. The topological polar surface area (TPSA) is 62.5 Å². The second-order valence-corrected chi connectivity index (χ2v) is 6.92. The molecule has 0 atom stereocenters. The largest absolute Gasteiger partial charge is 0.425 e. The summed E-state index contributed by atoms with van der Waals surface area (Å²) >= 11 is 6.25. The van der Waals surface area contributed by atoms with Crippen LogP contribution in [0.5, 0.6) is 0 Å². The fraction of sp³-hybridized carbons (Fsp3) is 0.500. The molecule has 7 heteroatoms. The molecule has 1 fully saturated rings. The molecule has 1 saturated heterocycles. The number of aryl methyl sites for hydroxylation is 1. The summed E-state index contributed by atoms with van der Waals surface area (Å²) in [5.74, 6) is 1.49. The summed E-state index contributed by atoms with van der Waals surface area (Å²) in [6.07, 6.45) is 0.884. The van der Waals surface area contributed by atoms with Gasteiger partial charge in [-0.05, 0) is 12.1 Å². The van der Waals surface area contributed by atoms with Gasteiger partial charge >= 0.3 is 0 Å². The molecule has 1 aromatic heterocycles. The van der Waals surface area contributed by atoms with E-state index in [0.717, 1.165) is 23.8 Å². The van der Waals surface area contributed by atoms with E-state index in [1.807, 2.05) is 43.0 Å². The third-order valence-electron chi connectivity index (χ3n) is 4.35. The Labute approximate surface area is 152 Å². The van der Waals surface area contributed by atoms with E-state index in [1.165, 1.54) is 0 Å². The van der Waals surface area contributed by atoms with Gasteiger partial charge in [0.25, 0.3) is 0 Å². The number of hydrogen-bond acceptors (Lipinski definition) is 5. The number of hydrogen-bond donors (Lipinski definition) is 0. The molecular formula is C18H23ClN4O2. The van der Waals surface area contributed by atoms with Crippen LogP contribution in [0.2, 0.25) is 5.02 Å². The van der Waals surface area contributed by atoms with Crippen LogP contribution in [0.4, 0.5) is 5.69 Å². The Morgan fingerprint density at radius 3 is 2.56 bits per heavy atom. The highest BCUT2D eigenvalue weighted by atomic mass is 35.5. The van der Waals surface area contributed by atoms with Crippen molar-refractivity contribution in [3.05, 3.63) is 41.1 Å². The van der Waals surface area contributed by atoms with E-state index in [-0.39, 0.29) is 11.8 Å². The average Bonchev–Trinajstić information content (AvgIpc) is 3.10. The van der Waals surface area contributed by atoms with Crippen LogP contribution in [0.15, 0.2) is 28.7 Å². The Hall–Kier alpha value is -2.08. The molecule has 0 bridgehead atoms. The van der Waals surface area contributed by atoms with Crippen LogP contribution >= 0.6 is 11.6 Å². The third-order valence-corrected chi connectivity index (χ3v) is 4.67. The molecule has 1 aliphatic heterocycles. The smallest absolute Gasteiger partial charge is 0.223 e. The van der Waals surface area contributed by atoms with Gasteiger partial charge in [-0.3, -0.25) is 4.79 Å². The van der Waals surface area contributed by atoms with Crippen LogP contribution < -0.4 is 4.90 Å². The number of para-hydroxylation sites is 1. The van der Waals surface area contributed by atoms with Crippen molar-refractivity contribution < 1.29 is 9.21 Å². The van der Waals surface area contributed by atoms with Gasteiger partial charge in [0.05, 0.1) is 10.7 Å². The van der Waals surface area contributed by atoms with Crippen LogP contribution in [-0.2, 0) is 11.2 Å². The zero-order valence-electron chi connectivity index (χ0n) is 14.6. The molecular weight excluding hydrogens is 340 g/mol. The van der Waals surface area contributed by atoms with Gasteiger partial charge in [-0.15, -0.1) is 10.2 Å². The maximum Gasteiger partial charge on any atom is 0.223 e. The first-order chi connectivity index (χ1) is 12.0. The monoisotopic (exact) mass is 362 g/mol. The molecule has 1 aliphatic rings. The summed E-state index contributed by atoms with van der Waals surface area (Å²) in [5, 5.41) is 8.75. The van der Waals surface area contributed by atoms with E-state index in [0.29, 0.717) is 37.7 Å². The van der Waals surface area contributed by atoms with E-state index in [9.17, 15) is 4.79 Å². The molecule has 1 amide bonds. The Balaban J connectivity index is 1.49. The Bertz CT molecular complexity index is 723. The average molecular weight is 363 g/mol. The van der Waals surface area contributed by atoms with Crippen molar-refractivity contribution in [1.82, 2.24) is 15.1 Å². The van der Waals surface area contributed by atoms with Crippen molar-refractivity contribution in [3.8, 4) is 0 Å². The highest BCUT2D eigenvalue weighted by Crippen LogP contribution is 2.26. The van der Waals surface area contributed by atoms with E-state index in [2.05, 4.69) is 15.1 Å². The number of amides is 1. The molecule has 0 spiro atoms. The van der Waals surface area contributed by atoms with Gasteiger partial charge in [-0.1, -0.05) is 37.6 Å². The zero-order valence-corrected chi connectivity index (χ0v) is 15.4. The molecule has 0 saturated carbocycles. The van der Waals surface area contributed by atoms with Gasteiger partial charge in [0.1, 0.15) is 0 Å². The minimum Gasteiger partial charge on any atom is -0.425 e. The number of rotatable bonds is 5. The normalized spacial score (nSPS) is 15.0. The lowest BCUT2D eigenvalue weighted by Crippen LogP contribution is -2.48. The number of carbonyl (C=O) groups is 1. The lowest BCUT2D eigenvalue weighted by atomic mass is 10.2. The summed E-state index contributed by atoms with van der Waals surface area (Å²) < 4.78 is 5.56. The van der Waals surface area contributed by atoms with Gasteiger partial charge < -0.3 is 14.2 Å². The van der Waals surface area contributed by atoms with Gasteiger partial charge in [0, 0.05) is 44.9 Å². The summed E-state index contributed by atoms with van der Waals surface area (Å²) in [6.45, 7) is 6.97. The second-order valence-electron chi connectivity index (χ2n) is 6.51. The summed E-state index contributed by atoms with van der Waals surface area (Å²) in [7, 11) is 0. The number of piperazine rings is 1. The highest BCUT2D eigenvalue weighted by molar-refractivity contribution is 6.33. The molecule has 6 nitrogen and oxygen atoms in total. The van der Waals surface area contributed by atoms with Crippen molar-refractivity contribution in [3.63, 3.8) is 0 Å². The van der Waals surface area contributed by atoms with E-state index < -0.39 is 0 Å². The van der Waals surface area contributed by atoms with E-state index in [1.54, 1.807) is 0 Å². The van der Waals surface area contributed by atoms with E-state index >= 15 is 0 Å². The Morgan fingerprint density at radius 2 is 1.92 bits per heavy atom. The lowest BCUT2D eigenvalue weighted by molar-refractivity contribution is -0.131. The summed E-state index contributed by atoms with van der Waals surface area (Å²) in [5.41, 5.74) is 1.03. The van der Waals surface area contributed by atoms with Crippen LogP contribution in [0.25, 0.3) is 0 Å². The minimum absolute atomic E-state index is 0.128. The zero-order chi connectivity index (χ0) is 17.8.